The Balaban J connectivity index is 1.33. The molecule has 0 amide bonds. The van der Waals surface area contributed by atoms with Gasteiger partial charge in [0, 0.05) is 35.1 Å². The van der Waals surface area contributed by atoms with Gasteiger partial charge in [0.15, 0.2) is 5.82 Å². The number of hydrogen-bond acceptors (Lipinski definition) is 8. The molecule has 30 heavy (non-hydrogen) atoms. The van der Waals surface area contributed by atoms with Crippen molar-refractivity contribution in [2.24, 2.45) is 11.1 Å². The fourth-order valence-electron chi connectivity index (χ4n) is 4.52. The topological polar surface area (TPSA) is 102 Å². The minimum Gasteiger partial charge on any atom is -0.381 e. The molecular formula is C20H24F2N6OS. The maximum Gasteiger partial charge on any atom is 0.293 e. The lowest BCUT2D eigenvalue weighted by molar-refractivity contribution is 0.0160. The average molecular weight is 435 g/mol. The van der Waals surface area contributed by atoms with Gasteiger partial charge >= 0.3 is 0 Å². The first-order chi connectivity index (χ1) is 14.4. The molecule has 7 nitrogen and oxygen atoms in total. The summed E-state index contributed by atoms with van der Waals surface area (Å²) in [7, 11) is 0. The summed E-state index contributed by atoms with van der Waals surface area (Å²) >= 11 is 1.12. The van der Waals surface area contributed by atoms with E-state index >= 15 is 0 Å². The molecule has 1 atom stereocenters. The van der Waals surface area contributed by atoms with E-state index in [0.717, 1.165) is 37.7 Å². The van der Waals surface area contributed by atoms with Crippen LogP contribution in [-0.4, -0.2) is 48.9 Å². The van der Waals surface area contributed by atoms with Crippen LogP contribution in [0.4, 0.5) is 26.1 Å². The summed E-state index contributed by atoms with van der Waals surface area (Å²) in [5, 5.41) is 3.18. The molecular weight excluding hydrogens is 410 g/mol. The largest absolute Gasteiger partial charge is 0.381 e. The lowest BCUT2D eigenvalue weighted by Gasteiger charge is -2.41. The Bertz CT molecular complexity index is 966. The number of rotatable bonds is 3. The van der Waals surface area contributed by atoms with Crippen molar-refractivity contribution in [3.05, 3.63) is 30.0 Å². The zero-order valence-corrected chi connectivity index (χ0v) is 17.2. The van der Waals surface area contributed by atoms with E-state index in [1.165, 1.54) is 0 Å². The Morgan fingerprint density at radius 2 is 2.07 bits per heavy atom. The van der Waals surface area contributed by atoms with E-state index in [4.69, 9.17) is 16.2 Å². The highest BCUT2D eigenvalue weighted by Crippen LogP contribution is 2.46. The first-order valence-corrected chi connectivity index (χ1v) is 10.8. The summed E-state index contributed by atoms with van der Waals surface area (Å²) in [4.78, 5) is 11.5. The minimum atomic E-state index is -2.92. The SMILES string of the molecule is Nc1nc(N2CCC3(CC2)COCC3N)cnc1Sc1cccc2c1C(F)(F)CN2. The zero-order chi connectivity index (χ0) is 20.9. The molecule has 3 aliphatic heterocycles. The summed E-state index contributed by atoms with van der Waals surface area (Å²) in [6.07, 6.45) is 3.54. The van der Waals surface area contributed by atoms with Crippen molar-refractivity contribution >= 4 is 29.1 Å². The average Bonchev–Trinajstić information content (AvgIpc) is 3.24. The number of piperidine rings is 1. The Hall–Kier alpha value is -2.17. The van der Waals surface area contributed by atoms with Crippen molar-refractivity contribution < 1.29 is 13.5 Å². The number of benzene rings is 1. The van der Waals surface area contributed by atoms with Crippen LogP contribution in [-0.2, 0) is 10.7 Å². The van der Waals surface area contributed by atoms with Crippen molar-refractivity contribution in [1.29, 1.82) is 0 Å². The molecule has 0 bridgehead atoms. The van der Waals surface area contributed by atoms with Gasteiger partial charge in [-0.2, -0.15) is 8.78 Å². The number of nitrogens with zero attached hydrogens (tertiary/aromatic N) is 3. The number of nitrogens with one attached hydrogen (secondary N) is 1. The maximum absolute atomic E-state index is 14.3. The van der Waals surface area contributed by atoms with E-state index in [0.29, 0.717) is 34.6 Å². The third-order valence-corrected chi connectivity index (χ3v) is 7.48. The van der Waals surface area contributed by atoms with Crippen molar-refractivity contribution in [3.63, 3.8) is 0 Å². The van der Waals surface area contributed by atoms with Crippen LogP contribution in [0.15, 0.2) is 34.3 Å². The first kappa shape index (κ1) is 19.8. The number of alkyl halides is 2. The molecule has 10 heteroatoms. The zero-order valence-electron chi connectivity index (χ0n) is 16.4. The molecule has 2 aromatic rings. The van der Waals surface area contributed by atoms with E-state index in [1.807, 2.05) is 0 Å². The van der Waals surface area contributed by atoms with Gasteiger partial charge in [-0.25, -0.2) is 9.97 Å². The molecule has 1 unspecified atom stereocenters. The first-order valence-electron chi connectivity index (χ1n) is 10.0. The molecule has 2 saturated heterocycles. The van der Waals surface area contributed by atoms with Crippen LogP contribution < -0.4 is 21.7 Å². The van der Waals surface area contributed by atoms with Gasteiger partial charge in [0.25, 0.3) is 5.92 Å². The van der Waals surface area contributed by atoms with Crippen molar-refractivity contribution in [2.75, 3.05) is 48.8 Å². The number of anilines is 3. The number of halogens is 2. The minimum absolute atomic E-state index is 0.00303. The molecule has 1 aromatic carbocycles. The molecule has 160 valence electrons. The van der Waals surface area contributed by atoms with Crippen LogP contribution in [0.25, 0.3) is 0 Å². The van der Waals surface area contributed by atoms with Crippen molar-refractivity contribution in [2.45, 2.75) is 34.7 Å². The third-order valence-electron chi connectivity index (χ3n) is 6.41. The number of hydrogen-bond donors (Lipinski definition) is 3. The number of ether oxygens (including phenoxy) is 1. The normalized spacial score (nSPS) is 24.1. The molecule has 5 N–H and O–H groups in total. The number of nitrogen functional groups attached to an aromatic ring is 1. The number of aromatic nitrogens is 2. The molecule has 3 aliphatic rings. The molecule has 1 spiro atoms. The number of fused-ring (bicyclic) bond motifs is 1. The van der Waals surface area contributed by atoms with Crippen molar-refractivity contribution in [3.8, 4) is 0 Å². The Morgan fingerprint density at radius 3 is 2.77 bits per heavy atom. The smallest absolute Gasteiger partial charge is 0.293 e. The molecule has 1 aromatic heterocycles. The Morgan fingerprint density at radius 1 is 1.27 bits per heavy atom. The molecule has 4 heterocycles. The van der Waals surface area contributed by atoms with E-state index in [9.17, 15) is 8.78 Å². The highest BCUT2D eigenvalue weighted by Gasteiger charge is 2.44. The van der Waals surface area contributed by atoms with Gasteiger partial charge in [-0.3, -0.25) is 0 Å². The lowest BCUT2D eigenvalue weighted by atomic mass is 9.75. The van der Waals surface area contributed by atoms with E-state index in [1.54, 1.807) is 24.4 Å². The lowest BCUT2D eigenvalue weighted by Crippen LogP contribution is -2.49. The standard InChI is InChI=1S/C20H24F2N6OS/c21-20(22)10-26-12-2-1-3-13(16(12)20)30-18-17(24)27-15(8-25-18)28-6-4-19(5-7-28)11-29-9-14(19)23/h1-3,8,14,26H,4-7,9-11,23H2,(H2,24,27). The Kier molecular flexibility index (Phi) is 4.75. The van der Waals surface area contributed by atoms with Gasteiger partial charge in [-0.1, -0.05) is 17.8 Å². The van der Waals surface area contributed by atoms with Gasteiger partial charge in [0.05, 0.1) is 31.5 Å². The predicted molar refractivity (Wildman–Crippen MR) is 112 cm³/mol. The second-order valence-electron chi connectivity index (χ2n) is 8.23. The van der Waals surface area contributed by atoms with E-state index < -0.39 is 12.5 Å². The van der Waals surface area contributed by atoms with Crippen LogP contribution >= 0.6 is 11.8 Å². The quantitative estimate of drug-likeness (QED) is 0.678. The second kappa shape index (κ2) is 7.21. The fraction of sp³-hybridized carbons (Fsp3) is 0.500. The van der Waals surface area contributed by atoms with Crippen LogP contribution in [0.3, 0.4) is 0 Å². The van der Waals surface area contributed by atoms with E-state index in [-0.39, 0.29) is 22.8 Å². The molecule has 0 saturated carbocycles. The second-order valence-corrected chi connectivity index (χ2v) is 9.26. The Labute approximate surface area is 177 Å². The summed E-state index contributed by atoms with van der Waals surface area (Å²) in [5.41, 5.74) is 12.9. The maximum atomic E-state index is 14.3. The summed E-state index contributed by atoms with van der Waals surface area (Å²) in [6, 6.07) is 5.14. The monoisotopic (exact) mass is 434 g/mol. The number of nitrogens with two attached hydrogens (primary N) is 2. The molecule has 0 radical (unpaired) electrons. The highest BCUT2D eigenvalue weighted by molar-refractivity contribution is 7.99. The summed E-state index contributed by atoms with van der Waals surface area (Å²) in [6.45, 7) is 2.55. The molecule has 5 rings (SSSR count). The molecule has 2 fully saturated rings. The predicted octanol–water partition coefficient (Wildman–Crippen LogP) is 2.67. The van der Waals surface area contributed by atoms with Gasteiger partial charge in [-0.05, 0) is 25.0 Å². The van der Waals surface area contributed by atoms with E-state index in [2.05, 4.69) is 20.2 Å². The van der Waals surface area contributed by atoms with Gasteiger partial charge < -0.3 is 26.4 Å². The molecule has 0 aliphatic carbocycles. The van der Waals surface area contributed by atoms with Crippen molar-refractivity contribution in [1.82, 2.24) is 9.97 Å². The van der Waals surface area contributed by atoms with Gasteiger partial charge in [-0.15, -0.1) is 0 Å². The summed E-state index contributed by atoms with van der Waals surface area (Å²) < 4.78 is 34.2. The van der Waals surface area contributed by atoms with Crippen LogP contribution in [0.2, 0.25) is 0 Å². The van der Waals surface area contributed by atoms with Gasteiger partial charge in [0.1, 0.15) is 10.8 Å². The fourth-order valence-corrected chi connectivity index (χ4v) is 5.49. The highest BCUT2D eigenvalue weighted by atomic mass is 32.2. The van der Waals surface area contributed by atoms with Gasteiger partial charge in [0.2, 0.25) is 0 Å². The van der Waals surface area contributed by atoms with Crippen LogP contribution in [0.5, 0.6) is 0 Å². The summed E-state index contributed by atoms with van der Waals surface area (Å²) in [5.74, 6) is -1.98. The third kappa shape index (κ3) is 3.27. The van der Waals surface area contributed by atoms with Crippen LogP contribution in [0, 0.1) is 5.41 Å². The van der Waals surface area contributed by atoms with Crippen LogP contribution in [0.1, 0.15) is 18.4 Å².